The molecule has 3 N–H and O–H groups in total. The average Bonchev–Trinajstić information content (AvgIpc) is 2.47. The molecule has 0 aromatic heterocycles. The number of ether oxygens (including phenoxy) is 1. The highest BCUT2D eigenvalue weighted by atomic mass is 32.2. The van der Waals surface area contributed by atoms with Crippen molar-refractivity contribution in [2.24, 2.45) is 11.7 Å². The van der Waals surface area contributed by atoms with Crippen LogP contribution in [0.5, 0.6) is 5.75 Å². The monoisotopic (exact) mass is 313 g/mol. The third-order valence-corrected chi connectivity index (χ3v) is 5.22. The fourth-order valence-corrected chi connectivity index (χ4v) is 4.03. The van der Waals surface area contributed by atoms with E-state index in [-0.39, 0.29) is 6.54 Å². The lowest BCUT2D eigenvalue weighted by Crippen LogP contribution is -2.42. The number of nitrogens with zero attached hydrogens (tertiary/aromatic N) is 1. The molecule has 1 unspecified atom stereocenters. The van der Waals surface area contributed by atoms with E-state index in [1.807, 2.05) is 0 Å². The number of para-hydroxylation sites is 1. The second-order valence-corrected chi connectivity index (χ2v) is 7.08. The van der Waals surface area contributed by atoms with Gasteiger partial charge in [0.2, 0.25) is 0 Å². The van der Waals surface area contributed by atoms with Gasteiger partial charge in [-0.05, 0) is 30.4 Å². The van der Waals surface area contributed by atoms with Crippen LogP contribution in [-0.4, -0.2) is 32.9 Å². The molecule has 1 fully saturated rings. The lowest BCUT2D eigenvalue weighted by molar-refractivity contribution is 0.282. The van der Waals surface area contributed by atoms with Gasteiger partial charge >= 0.3 is 10.2 Å². The summed E-state index contributed by atoms with van der Waals surface area (Å²) < 4.78 is 34.5. The first kappa shape index (κ1) is 16.1. The van der Waals surface area contributed by atoms with Crippen molar-refractivity contribution in [2.75, 3.05) is 24.9 Å². The van der Waals surface area contributed by atoms with Crippen molar-refractivity contribution in [3.63, 3.8) is 0 Å². The Morgan fingerprint density at radius 3 is 2.86 bits per heavy atom. The number of nitrogens with one attached hydrogen (secondary N) is 1. The van der Waals surface area contributed by atoms with E-state index in [1.54, 1.807) is 18.2 Å². The van der Waals surface area contributed by atoms with Gasteiger partial charge in [0.15, 0.2) is 0 Å². The van der Waals surface area contributed by atoms with Crippen LogP contribution < -0.4 is 15.2 Å². The highest BCUT2D eigenvalue weighted by molar-refractivity contribution is 7.90. The van der Waals surface area contributed by atoms with Crippen molar-refractivity contribution in [3.05, 3.63) is 23.8 Å². The molecule has 2 rings (SSSR count). The predicted octanol–water partition coefficient (Wildman–Crippen LogP) is 1.54. The number of hydrogen-bond donors (Lipinski definition) is 2. The van der Waals surface area contributed by atoms with Gasteiger partial charge in [-0.2, -0.15) is 12.7 Å². The van der Waals surface area contributed by atoms with Gasteiger partial charge in [-0.25, -0.2) is 0 Å². The minimum absolute atomic E-state index is 0.242. The number of benzene rings is 1. The molecule has 21 heavy (non-hydrogen) atoms. The Morgan fingerprint density at radius 1 is 1.48 bits per heavy atom. The second kappa shape index (κ2) is 6.64. The van der Waals surface area contributed by atoms with E-state index in [4.69, 9.17) is 10.5 Å². The number of methoxy groups -OCH3 is 1. The van der Waals surface area contributed by atoms with Gasteiger partial charge in [0.05, 0.1) is 12.8 Å². The molecule has 0 aliphatic carbocycles. The summed E-state index contributed by atoms with van der Waals surface area (Å²) in [5.74, 6) is 0.855. The molecule has 0 saturated carbocycles. The highest BCUT2D eigenvalue weighted by Gasteiger charge is 2.28. The number of piperidine rings is 1. The van der Waals surface area contributed by atoms with Gasteiger partial charge in [-0.15, -0.1) is 0 Å². The minimum atomic E-state index is -3.59. The molecule has 0 amide bonds. The molecule has 0 radical (unpaired) electrons. The lowest BCUT2D eigenvalue weighted by Gasteiger charge is -2.30. The Hall–Kier alpha value is -1.31. The van der Waals surface area contributed by atoms with Crippen molar-refractivity contribution in [3.8, 4) is 5.75 Å². The number of anilines is 1. The predicted molar refractivity (Wildman–Crippen MR) is 83.4 cm³/mol. The van der Waals surface area contributed by atoms with Crippen molar-refractivity contribution < 1.29 is 13.2 Å². The summed E-state index contributed by atoms with van der Waals surface area (Å²) >= 11 is 0. The molecule has 1 saturated heterocycles. The largest absolute Gasteiger partial charge is 0.495 e. The first-order chi connectivity index (χ1) is 9.97. The van der Waals surface area contributed by atoms with Crippen molar-refractivity contribution in [1.82, 2.24) is 4.31 Å². The maximum absolute atomic E-state index is 12.6. The minimum Gasteiger partial charge on any atom is -0.495 e. The van der Waals surface area contributed by atoms with Gasteiger partial charge in [0.1, 0.15) is 5.75 Å². The van der Waals surface area contributed by atoms with E-state index < -0.39 is 10.2 Å². The average molecular weight is 313 g/mol. The first-order valence-corrected chi connectivity index (χ1v) is 8.55. The van der Waals surface area contributed by atoms with Gasteiger partial charge < -0.3 is 10.5 Å². The van der Waals surface area contributed by atoms with E-state index in [2.05, 4.69) is 11.6 Å². The molecular formula is C14H23N3O3S. The van der Waals surface area contributed by atoms with Gasteiger partial charge in [0, 0.05) is 19.6 Å². The zero-order valence-electron chi connectivity index (χ0n) is 12.5. The van der Waals surface area contributed by atoms with Gasteiger partial charge in [-0.3, -0.25) is 4.72 Å². The molecule has 6 nitrogen and oxygen atoms in total. The molecule has 1 atom stereocenters. The molecule has 7 heteroatoms. The molecule has 1 aromatic rings. The maximum Gasteiger partial charge on any atom is 0.301 e. The third-order valence-electron chi connectivity index (χ3n) is 3.74. The SMILES string of the molecule is COc1cccc(CN)c1NS(=O)(=O)N1CCCC(C)C1. The van der Waals surface area contributed by atoms with E-state index in [9.17, 15) is 8.42 Å². The number of nitrogens with two attached hydrogens (primary N) is 1. The fraction of sp³-hybridized carbons (Fsp3) is 0.571. The molecular weight excluding hydrogens is 290 g/mol. The first-order valence-electron chi connectivity index (χ1n) is 7.11. The Labute approximate surface area is 126 Å². The van der Waals surface area contributed by atoms with E-state index in [0.717, 1.165) is 12.8 Å². The van der Waals surface area contributed by atoms with Crippen LogP contribution in [0.15, 0.2) is 18.2 Å². The molecule has 0 bridgehead atoms. The third kappa shape index (κ3) is 3.66. The molecule has 118 valence electrons. The van der Waals surface area contributed by atoms with Gasteiger partial charge in [-0.1, -0.05) is 19.1 Å². The normalized spacial score (nSPS) is 20.2. The molecule has 1 aromatic carbocycles. The van der Waals surface area contributed by atoms with E-state index in [1.165, 1.54) is 11.4 Å². The molecule has 1 heterocycles. The van der Waals surface area contributed by atoms with Crippen LogP contribution in [0.2, 0.25) is 0 Å². The van der Waals surface area contributed by atoms with E-state index in [0.29, 0.717) is 36.0 Å². The zero-order chi connectivity index (χ0) is 15.5. The summed E-state index contributed by atoms with van der Waals surface area (Å²) in [5.41, 5.74) is 6.83. The van der Waals surface area contributed by atoms with Crippen molar-refractivity contribution in [1.29, 1.82) is 0 Å². The van der Waals surface area contributed by atoms with Crippen molar-refractivity contribution in [2.45, 2.75) is 26.3 Å². The topological polar surface area (TPSA) is 84.7 Å². The lowest BCUT2D eigenvalue weighted by atomic mass is 10.0. The standard InChI is InChI=1S/C14H23N3O3S/c1-11-5-4-8-17(10-11)21(18,19)16-14-12(9-15)6-3-7-13(14)20-2/h3,6-7,11,16H,4-5,8-10,15H2,1-2H3. The van der Waals surface area contributed by atoms with Crippen LogP contribution in [0.3, 0.4) is 0 Å². The molecule has 1 aliphatic heterocycles. The highest BCUT2D eigenvalue weighted by Crippen LogP contribution is 2.30. The smallest absolute Gasteiger partial charge is 0.301 e. The van der Waals surface area contributed by atoms with Crippen LogP contribution in [0.1, 0.15) is 25.3 Å². The zero-order valence-corrected chi connectivity index (χ0v) is 13.3. The summed E-state index contributed by atoms with van der Waals surface area (Å²) in [6.45, 7) is 3.40. The summed E-state index contributed by atoms with van der Waals surface area (Å²) in [7, 11) is -2.08. The van der Waals surface area contributed by atoms with Crippen LogP contribution in [0, 0.1) is 5.92 Å². The maximum atomic E-state index is 12.6. The number of hydrogen-bond acceptors (Lipinski definition) is 4. The Balaban J connectivity index is 2.28. The Morgan fingerprint density at radius 2 is 2.24 bits per heavy atom. The summed E-state index contributed by atoms with van der Waals surface area (Å²) in [6, 6.07) is 5.30. The quantitative estimate of drug-likeness (QED) is 0.863. The fourth-order valence-electron chi connectivity index (χ4n) is 2.59. The Bertz CT molecular complexity index is 567. The summed E-state index contributed by atoms with van der Waals surface area (Å²) in [6.07, 6.45) is 1.95. The Kier molecular flexibility index (Phi) is 5.08. The van der Waals surface area contributed by atoms with Crippen LogP contribution in [0.4, 0.5) is 5.69 Å². The molecule has 0 spiro atoms. The van der Waals surface area contributed by atoms with Crippen LogP contribution in [0.25, 0.3) is 0 Å². The van der Waals surface area contributed by atoms with Crippen LogP contribution in [-0.2, 0) is 16.8 Å². The number of rotatable bonds is 5. The summed E-state index contributed by atoms with van der Waals surface area (Å²) in [5, 5.41) is 0. The molecule has 1 aliphatic rings. The summed E-state index contributed by atoms with van der Waals surface area (Å²) in [4.78, 5) is 0. The van der Waals surface area contributed by atoms with Gasteiger partial charge in [0.25, 0.3) is 0 Å². The van der Waals surface area contributed by atoms with E-state index >= 15 is 0 Å². The van der Waals surface area contributed by atoms with Crippen molar-refractivity contribution >= 4 is 15.9 Å². The van der Waals surface area contributed by atoms with Crippen LogP contribution >= 0.6 is 0 Å². The second-order valence-electron chi connectivity index (χ2n) is 5.41.